The van der Waals surface area contributed by atoms with E-state index >= 15 is 0 Å². The minimum absolute atomic E-state index is 0.00825. The Morgan fingerprint density at radius 1 is 1.07 bits per heavy atom. The Morgan fingerprint density at radius 3 is 2.47 bits per heavy atom. The molecule has 0 spiro atoms. The minimum atomic E-state index is -0.643. The van der Waals surface area contributed by atoms with E-state index in [0.29, 0.717) is 19.7 Å². The Hall–Kier alpha value is -2.58. The van der Waals surface area contributed by atoms with Gasteiger partial charge in [0.15, 0.2) is 0 Å². The first-order valence-electron chi connectivity index (χ1n) is 10.0. The van der Waals surface area contributed by atoms with Crippen molar-refractivity contribution in [2.24, 2.45) is 5.73 Å². The lowest BCUT2D eigenvalue weighted by Gasteiger charge is -2.35. The first kappa shape index (κ1) is 22.1. The first-order valence-corrected chi connectivity index (χ1v) is 10.8. The molecule has 0 aliphatic carbocycles. The summed E-state index contributed by atoms with van der Waals surface area (Å²) in [6, 6.07) is 16.2. The molecule has 3 N–H and O–H groups in total. The smallest absolute Gasteiger partial charge is 0.312 e. The standard InChI is InChI=1S/C22H27BrN4O3/c23-18-6-4-5-17(15-18)20(25-22(24)29)16-21(28)27-11-9-26(10-12-27)13-14-30-19-7-2-1-3-8-19/h1-8,15,20H,9-14,16H2,(H3,24,25,29). The Kier molecular flexibility index (Phi) is 8.10. The van der Waals surface area contributed by atoms with Gasteiger partial charge in [0.25, 0.3) is 0 Å². The van der Waals surface area contributed by atoms with E-state index in [2.05, 4.69) is 26.1 Å². The lowest BCUT2D eigenvalue weighted by molar-refractivity contribution is -0.133. The Morgan fingerprint density at radius 2 is 1.80 bits per heavy atom. The quantitative estimate of drug-likeness (QED) is 0.615. The van der Waals surface area contributed by atoms with Gasteiger partial charge in [-0.15, -0.1) is 0 Å². The third-order valence-electron chi connectivity index (χ3n) is 5.09. The summed E-state index contributed by atoms with van der Waals surface area (Å²) in [6.45, 7) is 4.35. The van der Waals surface area contributed by atoms with Gasteiger partial charge in [0.2, 0.25) is 5.91 Å². The number of carbonyl (C=O) groups excluding carboxylic acids is 2. The molecule has 1 heterocycles. The van der Waals surface area contributed by atoms with Crippen LogP contribution in [0.5, 0.6) is 5.75 Å². The van der Waals surface area contributed by atoms with Crippen LogP contribution in [0.15, 0.2) is 59.1 Å². The number of primary amides is 1. The molecular weight excluding hydrogens is 448 g/mol. The van der Waals surface area contributed by atoms with Crippen molar-refractivity contribution in [1.82, 2.24) is 15.1 Å². The van der Waals surface area contributed by atoms with Gasteiger partial charge < -0.3 is 20.7 Å². The van der Waals surface area contributed by atoms with Crippen LogP contribution in [0.4, 0.5) is 4.79 Å². The first-order chi connectivity index (χ1) is 14.5. The lowest BCUT2D eigenvalue weighted by Crippen LogP contribution is -2.50. The van der Waals surface area contributed by atoms with E-state index in [9.17, 15) is 9.59 Å². The molecule has 0 radical (unpaired) electrons. The van der Waals surface area contributed by atoms with Gasteiger partial charge in [-0.05, 0) is 29.8 Å². The van der Waals surface area contributed by atoms with Gasteiger partial charge in [0.05, 0.1) is 12.5 Å². The highest BCUT2D eigenvalue weighted by molar-refractivity contribution is 9.10. The molecule has 1 unspecified atom stereocenters. The molecule has 0 saturated carbocycles. The minimum Gasteiger partial charge on any atom is -0.492 e. The van der Waals surface area contributed by atoms with Crippen LogP contribution in [0.1, 0.15) is 18.0 Å². The van der Waals surface area contributed by atoms with Crippen molar-refractivity contribution in [2.75, 3.05) is 39.3 Å². The molecule has 2 aromatic carbocycles. The number of para-hydroxylation sites is 1. The largest absolute Gasteiger partial charge is 0.492 e. The average molecular weight is 475 g/mol. The normalized spacial score (nSPS) is 15.4. The van der Waals surface area contributed by atoms with Crippen molar-refractivity contribution < 1.29 is 14.3 Å². The van der Waals surface area contributed by atoms with E-state index in [1.165, 1.54) is 0 Å². The number of nitrogens with two attached hydrogens (primary N) is 1. The zero-order valence-electron chi connectivity index (χ0n) is 16.8. The van der Waals surface area contributed by atoms with E-state index in [0.717, 1.165) is 35.4 Å². The van der Waals surface area contributed by atoms with Crippen LogP contribution in [-0.4, -0.2) is 61.1 Å². The molecule has 160 valence electrons. The van der Waals surface area contributed by atoms with Gasteiger partial charge in [0.1, 0.15) is 12.4 Å². The molecule has 1 atom stereocenters. The summed E-state index contributed by atoms with van der Waals surface area (Å²) < 4.78 is 6.64. The van der Waals surface area contributed by atoms with Crippen molar-refractivity contribution in [1.29, 1.82) is 0 Å². The van der Waals surface area contributed by atoms with E-state index in [-0.39, 0.29) is 12.3 Å². The Bertz CT molecular complexity index is 841. The molecule has 1 aliphatic heterocycles. The SMILES string of the molecule is NC(=O)NC(CC(=O)N1CCN(CCOc2ccccc2)CC1)c1cccc(Br)c1. The molecule has 30 heavy (non-hydrogen) atoms. The highest BCUT2D eigenvalue weighted by Gasteiger charge is 2.25. The van der Waals surface area contributed by atoms with Gasteiger partial charge >= 0.3 is 6.03 Å². The van der Waals surface area contributed by atoms with Crippen molar-refractivity contribution in [3.8, 4) is 5.75 Å². The highest BCUT2D eigenvalue weighted by Crippen LogP contribution is 2.22. The number of ether oxygens (including phenoxy) is 1. The van der Waals surface area contributed by atoms with Crippen LogP contribution < -0.4 is 15.8 Å². The molecule has 3 rings (SSSR count). The molecule has 1 fully saturated rings. The van der Waals surface area contributed by atoms with Crippen molar-refractivity contribution in [3.63, 3.8) is 0 Å². The monoisotopic (exact) mass is 474 g/mol. The van der Waals surface area contributed by atoms with E-state index in [1.807, 2.05) is 59.5 Å². The third kappa shape index (κ3) is 6.74. The number of piperazine rings is 1. The number of hydrogen-bond donors (Lipinski definition) is 2. The summed E-state index contributed by atoms with van der Waals surface area (Å²) in [5, 5.41) is 2.69. The lowest BCUT2D eigenvalue weighted by atomic mass is 10.0. The topological polar surface area (TPSA) is 87.9 Å². The molecule has 0 aromatic heterocycles. The molecule has 1 saturated heterocycles. The highest BCUT2D eigenvalue weighted by atomic mass is 79.9. The second-order valence-electron chi connectivity index (χ2n) is 7.20. The predicted octanol–water partition coefficient (Wildman–Crippen LogP) is 2.77. The Balaban J connectivity index is 1.46. The van der Waals surface area contributed by atoms with Gasteiger partial charge in [-0.1, -0.05) is 46.3 Å². The number of amides is 3. The van der Waals surface area contributed by atoms with E-state index in [1.54, 1.807) is 0 Å². The summed E-state index contributed by atoms with van der Waals surface area (Å²) in [7, 11) is 0. The van der Waals surface area contributed by atoms with Gasteiger partial charge in [-0.2, -0.15) is 0 Å². The maximum Gasteiger partial charge on any atom is 0.312 e. The summed E-state index contributed by atoms with van der Waals surface area (Å²) in [5.41, 5.74) is 6.17. The number of hydrogen-bond acceptors (Lipinski definition) is 4. The maximum atomic E-state index is 12.8. The predicted molar refractivity (Wildman–Crippen MR) is 119 cm³/mol. The van der Waals surface area contributed by atoms with Crippen LogP contribution in [0.2, 0.25) is 0 Å². The van der Waals surface area contributed by atoms with Gasteiger partial charge in [-0.25, -0.2) is 4.79 Å². The van der Waals surface area contributed by atoms with Crippen LogP contribution >= 0.6 is 15.9 Å². The summed E-state index contributed by atoms with van der Waals surface area (Å²) in [4.78, 5) is 28.4. The number of nitrogens with zero attached hydrogens (tertiary/aromatic N) is 2. The van der Waals surface area contributed by atoms with Gasteiger partial charge in [-0.3, -0.25) is 9.69 Å². The summed E-state index contributed by atoms with van der Waals surface area (Å²) in [6.07, 6.45) is 0.177. The van der Waals surface area contributed by atoms with Crippen LogP contribution in [0.25, 0.3) is 0 Å². The number of urea groups is 1. The Labute approximate surface area is 185 Å². The molecule has 8 heteroatoms. The average Bonchev–Trinajstić information content (AvgIpc) is 2.74. The molecule has 7 nitrogen and oxygen atoms in total. The van der Waals surface area contributed by atoms with Crippen LogP contribution in [0.3, 0.4) is 0 Å². The molecular formula is C22H27BrN4O3. The number of nitrogens with one attached hydrogen (secondary N) is 1. The van der Waals surface area contributed by atoms with Crippen LogP contribution in [-0.2, 0) is 4.79 Å². The second kappa shape index (κ2) is 11.0. The van der Waals surface area contributed by atoms with Crippen molar-refractivity contribution in [3.05, 3.63) is 64.6 Å². The zero-order valence-corrected chi connectivity index (χ0v) is 18.4. The fourth-order valence-corrected chi connectivity index (χ4v) is 3.90. The zero-order chi connectivity index (χ0) is 21.3. The van der Waals surface area contributed by atoms with E-state index < -0.39 is 12.1 Å². The van der Waals surface area contributed by atoms with Crippen LogP contribution in [0, 0.1) is 0 Å². The molecule has 0 bridgehead atoms. The van der Waals surface area contributed by atoms with Gasteiger partial charge in [0, 0.05) is 37.2 Å². The van der Waals surface area contributed by atoms with Crippen molar-refractivity contribution in [2.45, 2.75) is 12.5 Å². The summed E-state index contributed by atoms with van der Waals surface area (Å²) in [5.74, 6) is 0.876. The number of rotatable bonds is 8. The number of halogens is 1. The summed E-state index contributed by atoms with van der Waals surface area (Å²) >= 11 is 3.43. The maximum absolute atomic E-state index is 12.8. The number of carbonyl (C=O) groups is 2. The molecule has 3 amide bonds. The van der Waals surface area contributed by atoms with Crippen molar-refractivity contribution >= 4 is 27.9 Å². The fourth-order valence-electron chi connectivity index (χ4n) is 3.48. The molecule has 2 aromatic rings. The fraction of sp³-hybridized carbons (Fsp3) is 0.364. The third-order valence-corrected chi connectivity index (χ3v) is 5.58. The van der Waals surface area contributed by atoms with E-state index in [4.69, 9.17) is 10.5 Å². The second-order valence-corrected chi connectivity index (χ2v) is 8.12. The number of benzene rings is 2. The molecule has 1 aliphatic rings.